The number of nitrogens with one attached hydrogen (secondary N) is 1. The number of nitrogens with zero attached hydrogens (tertiary/aromatic N) is 1. The Kier molecular flexibility index (Phi) is 6.29. The number of amides is 2. The normalized spacial score (nSPS) is 22.3. The highest BCUT2D eigenvalue weighted by Crippen LogP contribution is 2.19. The van der Waals surface area contributed by atoms with Gasteiger partial charge in [-0.3, -0.25) is 0 Å². The van der Waals surface area contributed by atoms with Crippen LogP contribution in [0.25, 0.3) is 0 Å². The number of carbonyl (C=O) groups is 1. The van der Waals surface area contributed by atoms with Gasteiger partial charge in [0, 0.05) is 39.3 Å². The van der Waals surface area contributed by atoms with Gasteiger partial charge in [-0.15, -0.1) is 0 Å². The van der Waals surface area contributed by atoms with Gasteiger partial charge in [0.05, 0.1) is 6.10 Å². The van der Waals surface area contributed by atoms with Gasteiger partial charge in [0.2, 0.25) is 0 Å². The zero-order chi connectivity index (χ0) is 12.7. The zero-order valence-electron chi connectivity index (χ0n) is 10.8. The van der Waals surface area contributed by atoms with Crippen LogP contribution in [0.1, 0.15) is 26.2 Å². The van der Waals surface area contributed by atoms with Crippen LogP contribution in [0, 0.1) is 5.92 Å². The molecule has 2 unspecified atom stereocenters. The number of hydrogen-bond acceptors (Lipinski definition) is 3. The van der Waals surface area contributed by atoms with Crippen molar-refractivity contribution >= 4 is 6.03 Å². The number of ether oxygens (including phenoxy) is 1. The first-order valence-electron chi connectivity index (χ1n) is 6.35. The van der Waals surface area contributed by atoms with Crippen LogP contribution >= 0.6 is 0 Å². The topological polar surface area (TPSA) is 61.8 Å². The van der Waals surface area contributed by atoms with E-state index in [1.165, 1.54) is 0 Å². The molecule has 5 nitrogen and oxygen atoms in total. The van der Waals surface area contributed by atoms with E-state index >= 15 is 0 Å². The molecule has 0 bridgehead atoms. The second-order valence-electron chi connectivity index (χ2n) is 4.67. The lowest BCUT2D eigenvalue weighted by Gasteiger charge is -2.34. The first kappa shape index (κ1) is 14.3. The van der Waals surface area contributed by atoms with Gasteiger partial charge in [0.1, 0.15) is 0 Å². The molecule has 1 fully saturated rings. The number of carbonyl (C=O) groups excluding carboxylic acids is 1. The maximum Gasteiger partial charge on any atom is 0.317 e. The third kappa shape index (κ3) is 4.91. The van der Waals surface area contributed by atoms with Crippen molar-refractivity contribution in [2.75, 3.05) is 33.4 Å². The minimum absolute atomic E-state index is 0.0218. The number of urea groups is 1. The molecule has 0 aromatic carbocycles. The minimum atomic E-state index is -0.334. The van der Waals surface area contributed by atoms with E-state index in [0.717, 1.165) is 25.8 Å². The summed E-state index contributed by atoms with van der Waals surface area (Å²) in [5.41, 5.74) is 0. The molecule has 2 N–H and O–H groups in total. The SMILES string of the molecule is COCCCNC(=O)N1CCCC(C(C)O)C1. The number of methoxy groups -OCH3 is 1. The Balaban J connectivity index is 2.26. The summed E-state index contributed by atoms with van der Waals surface area (Å²) in [5.74, 6) is 0.216. The molecule has 0 aliphatic carbocycles. The summed E-state index contributed by atoms with van der Waals surface area (Å²) < 4.78 is 4.92. The van der Waals surface area contributed by atoms with E-state index in [4.69, 9.17) is 4.74 Å². The van der Waals surface area contributed by atoms with E-state index in [1.54, 1.807) is 18.9 Å². The highest BCUT2D eigenvalue weighted by atomic mass is 16.5. The molecule has 2 atom stereocenters. The van der Waals surface area contributed by atoms with E-state index in [9.17, 15) is 9.90 Å². The van der Waals surface area contributed by atoms with Gasteiger partial charge in [0.25, 0.3) is 0 Å². The Hall–Kier alpha value is -0.810. The van der Waals surface area contributed by atoms with Crippen molar-refractivity contribution in [3.63, 3.8) is 0 Å². The average Bonchev–Trinajstić information content (AvgIpc) is 2.34. The number of rotatable bonds is 5. The molecule has 1 rings (SSSR count). The molecule has 0 saturated carbocycles. The molecule has 2 amide bonds. The summed E-state index contributed by atoms with van der Waals surface area (Å²) in [6.07, 6.45) is 2.47. The summed E-state index contributed by atoms with van der Waals surface area (Å²) in [4.78, 5) is 13.6. The summed E-state index contributed by atoms with van der Waals surface area (Å²) in [6.45, 7) is 4.55. The van der Waals surface area contributed by atoms with Gasteiger partial charge < -0.3 is 20.1 Å². The maximum absolute atomic E-state index is 11.8. The Labute approximate surface area is 103 Å². The van der Waals surface area contributed by atoms with E-state index in [0.29, 0.717) is 19.7 Å². The number of aliphatic hydroxyl groups is 1. The predicted molar refractivity (Wildman–Crippen MR) is 65.9 cm³/mol. The summed E-state index contributed by atoms with van der Waals surface area (Å²) in [7, 11) is 1.65. The van der Waals surface area contributed by atoms with Crippen molar-refractivity contribution < 1.29 is 14.6 Å². The predicted octanol–water partition coefficient (Wildman–Crippen LogP) is 0.825. The van der Waals surface area contributed by atoms with Crippen LogP contribution in [0.15, 0.2) is 0 Å². The second-order valence-corrected chi connectivity index (χ2v) is 4.67. The zero-order valence-corrected chi connectivity index (χ0v) is 10.8. The van der Waals surface area contributed by atoms with Gasteiger partial charge in [-0.1, -0.05) is 0 Å². The third-order valence-corrected chi connectivity index (χ3v) is 3.23. The molecule has 1 heterocycles. The van der Waals surface area contributed by atoms with Crippen LogP contribution < -0.4 is 5.32 Å². The fourth-order valence-electron chi connectivity index (χ4n) is 2.11. The van der Waals surface area contributed by atoms with Crippen LogP contribution in [0.4, 0.5) is 4.79 Å². The molecule has 0 aromatic heterocycles. The largest absolute Gasteiger partial charge is 0.393 e. The van der Waals surface area contributed by atoms with Crippen molar-refractivity contribution in [1.82, 2.24) is 10.2 Å². The molecule has 100 valence electrons. The van der Waals surface area contributed by atoms with Gasteiger partial charge in [-0.25, -0.2) is 4.79 Å². The lowest BCUT2D eigenvalue weighted by molar-refractivity contribution is 0.0738. The van der Waals surface area contributed by atoms with E-state index in [2.05, 4.69) is 5.32 Å². The number of hydrogen-bond donors (Lipinski definition) is 2. The van der Waals surface area contributed by atoms with Crippen molar-refractivity contribution in [3.8, 4) is 0 Å². The van der Waals surface area contributed by atoms with Crippen molar-refractivity contribution in [2.24, 2.45) is 5.92 Å². The van der Waals surface area contributed by atoms with Crippen molar-refractivity contribution in [2.45, 2.75) is 32.3 Å². The lowest BCUT2D eigenvalue weighted by Crippen LogP contribution is -2.47. The van der Waals surface area contributed by atoms with E-state index in [1.807, 2.05) is 0 Å². The average molecular weight is 244 g/mol. The summed E-state index contributed by atoms with van der Waals surface area (Å²) in [6, 6.07) is -0.0218. The molecule has 1 saturated heterocycles. The van der Waals surface area contributed by atoms with Gasteiger partial charge >= 0.3 is 6.03 Å². The Morgan fingerprint density at radius 2 is 2.41 bits per heavy atom. The lowest BCUT2D eigenvalue weighted by atomic mass is 9.94. The molecular weight excluding hydrogens is 220 g/mol. The highest BCUT2D eigenvalue weighted by molar-refractivity contribution is 5.74. The van der Waals surface area contributed by atoms with Crippen LogP contribution in [0.3, 0.4) is 0 Å². The van der Waals surface area contributed by atoms with Crippen molar-refractivity contribution in [3.05, 3.63) is 0 Å². The Bertz CT molecular complexity index is 234. The molecule has 0 aromatic rings. The molecule has 0 spiro atoms. The van der Waals surface area contributed by atoms with Crippen molar-refractivity contribution in [1.29, 1.82) is 0 Å². The van der Waals surface area contributed by atoms with Crippen LogP contribution in [0.2, 0.25) is 0 Å². The van der Waals surface area contributed by atoms with Gasteiger partial charge in [-0.2, -0.15) is 0 Å². The van der Waals surface area contributed by atoms with E-state index < -0.39 is 0 Å². The van der Waals surface area contributed by atoms with Gasteiger partial charge in [-0.05, 0) is 26.2 Å². The minimum Gasteiger partial charge on any atom is -0.393 e. The number of piperidine rings is 1. The fraction of sp³-hybridized carbons (Fsp3) is 0.917. The summed E-state index contributed by atoms with van der Waals surface area (Å²) >= 11 is 0. The Morgan fingerprint density at radius 1 is 1.65 bits per heavy atom. The van der Waals surface area contributed by atoms with Gasteiger partial charge in [0.15, 0.2) is 0 Å². The molecule has 0 radical (unpaired) electrons. The molecular formula is C12H24N2O3. The third-order valence-electron chi connectivity index (χ3n) is 3.23. The standard InChI is InChI=1S/C12H24N2O3/c1-10(15)11-5-3-7-14(9-11)12(16)13-6-4-8-17-2/h10-11,15H,3-9H2,1-2H3,(H,13,16). The van der Waals surface area contributed by atoms with Crippen LogP contribution in [-0.4, -0.2) is 55.5 Å². The number of aliphatic hydroxyl groups excluding tert-OH is 1. The second kappa shape index (κ2) is 7.50. The summed E-state index contributed by atoms with van der Waals surface area (Å²) in [5, 5.41) is 12.4. The van der Waals surface area contributed by atoms with Crippen LogP contribution in [-0.2, 0) is 4.74 Å². The first-order chi connectivity index (χ1) is 8.15. The molecule has 5 heteroatoms. The highest BCUT2D eigenvalue weighted by Gasteiger charge is 2.26. The molecule has 1 aliphatic heterocycles. The number of likely N-dealkylation sites (tertiary alicyclic amines) is 1. The fourth-order valence-corrected chi connectivity index (χ4v) is 2.11. The first-order valence-corrected chi connectivity index (χ1v) is 6.35. The Morgan fingerprint density at radius 3 is 3.06 bits per heavy atom. The molecule has 1 aliphatic rings. The van der Waals surface area contributed by atoms with Crippen LogP contribution in [0.5, 0.6) is 0 Å². The monoisotopic (exact) mass is 244 g/mol. The van der Waals surface area contributed by atoms with E-state index in [-0.39, 0.29) is 18.1 Å². The molecule has 17 heavy (non-hydrogen) atoms. The smallest absolute Gasteiger partial charge is 0.317 e. The maximum atomic E-state index is 11.8. The quantitative estimate of drug-likeness (QED) is 0.704.